The molecule has 0 aromatic heterocycles. The SMILES string of the molecule is O=C(O)c1ccc(N(c2ccccc2)[C@H]2C[C@H]3CC[C@@H](C2)N3CCc2ccccc2)cc1. The van der Waals surface area contributed by atoms with Crippen molar-refractivity contribution in [2.24, 2.45) is 0 Å². The maximum atomic E-state index is 11.3. The Hall–Kier alpha value is -3.11. The van der Waals surface area contributed by atoms with E-state index in [9.17, 15) is 9.90 Å². The highest BCUT2D eigenvalue weighted by molar-refractivity contribution is 5.88. The normalized spacial score (nSPS) is 22.6. The van der Waals surface area contributed by atoms with E-state index in [2.05, 4.69) is 64.4 Å². The summed E-state index contributed by atoms with van der Waals surface area (Å²) in [6.07, 6.45) is 5.94. The highest BCUT2D eigenvalue weighted by Gasteiger charge is 2.42. The second kappa shape index (κ2) is 9.17. The van der Waals surface area contributed by atoms with Gasteiger partial charge in [0.05, 0.1) is 5.56 Å². The third-order valence-electron chi connectivity index (χ3n) is 7.15. The van der Waals surface area contributed by atoms with Crippen LogP contribution in [0.1, 0.15) is 41.6 Å². The number of piperidine rings is 1. The average Bonchev–Trinajstić information content (AvgIpc) is 3.07. The molecule has 2 aliphatic heterocycles. The van der Waals surface area contributed by atoms with Crippen LogP contribution in [0.3, 0.4) is 0 Å². The number of para-hydroxylation sites is 1. The molecule has 0 unspecified atom stereocenters. The molecule has 2 heterocycles. The van der Waals surface area contributed by atoms with Crippen LogP contribution in [-0.4, -0.2) is 40.6 Å². The first kappa shape index (κ1) is 20.8. The van der Waals surface area contributed by atoms with Crippen molar-refractivity contribution in [1.29, 1.82) is 0 Å². The summed E-state index contributed by atoms with van der Waals surface area (Å²) >= 11 is 0. The van der Waals surface area contributed by atoms with E-state index < -0.39 is 5.97 Å². The predicted molar refractivity (Wildman–Crippen MR) is 129 cm³/mol. The number of carbonyl (C=O) groups is 1. The molecular formula is C28H30N2O2. The monoisotopic (exact) mass is 426 g/mol. The number of carboxylic acids is 1. The molecule has 1 N–H and O–H groups in total. The molecule has 2 aliphatic rings. The third-order valence-corrected chi connectivity index (χ3v) is 7.15. The molecule has 5 rings (SSSR count). The molecule has 0 aliphatic carbocycles. The summed E-state index contributed by atoms with van der Waals surface area (Å²) in [5, 5.41) is 9.30. The molecular weight excluding hydrogens is 396 g/mol. The lowest BCUT2D eigenvalue weighted by Crippen LogP contribution is -2.50. The Bertz CT molecular complexity index is 1020. The summed E-state index contributed by atoms with van der Waals surface area (Å²) < 4.78 is 0. The minimum absolute atomic E-state index is 0.331. The van der Waals surface area contributed by atoms with Crippen LogP contribution in [0, 0.1) is 0 Å². The minimum Gasteiger partial charge on any atom is -0.478 e. The number of fused-ring (bicyclic) bond motifs is 2. The van der Waals surface area contributed by atoms with Crippen molar-refractivity contribution >= 4 is 17.3 Å². The standard InChI is InChI=1S/C28H30N2O2/c31-28(32)22-11-13-24(14-12-22)30(23-9-5-2-6-10-23)27-19-25-15-16-26(20-27)29(25)18-17-21-7-3-1-4-8-21/h1-14,25-27H,15-20H2,(H,31,32)/t25-,26+,27+. The molecule has 0 saturated carbocycles. The Morgan fingerprint density at radius 2 is 1.38 bits per heavy atom. The molecule has 0 radical (unpaired) electrons. The summed E-state index contributed by atoms with van der Waals surface area (Å²) in [4.78, 5) is 16.5. The second-order valence-electron chi connectivity index (χ2n) is 9.04. The minimum atomic E-state index is -0.882. The Morgan fingerprint density at radius 3 is 1.97 bits per heavy atom. The predicted octanol–water partition coefficient (Wildman–Crippen LogP) is 5.76. The molecule has 32 heavy (non-hydrogen) atoms. The first-order valence-corrected chi connectivity index (χ1v) is 11.7. The van der Waals surface area contributed by atoms with Crippen LogP contribution >= 0.6 is 0 Å². The fraction of sp³-hybridized carbons (Fsp3) is 0.321. The number of nitrogens with zero attached hydrogens (tertiary/aromatic N) is 2. The molecule has 2 bridgehead atoms. The number of rotatable bonds is 7. The summed E-state index contributed by atoms with van der Waals surface area (Å²) in [5.41, 5.74) is 4.00. The van der Waals surface area contributed by atoms with Crippen molar-refractivity contribution in [2.75, 3.05) is 11.4 Å². The van der Waals surface area contributed by atoms with Crippen LogP contribution < -0.4 is 4.90 Å². The van der Waals surface area contributed by atoms with Gasteiger partial charge >= 0.3 is 5.97 Å². The molecule has 3 atom stereocenters. The average molecular weight is 427 g/mol. The largest absolute Gasteiger partial charge is 0.478 e. The summed E-state index contributed by atoms with van der Waals surface area (Å²) in [5.74, 6) is -0.882. The lowest BCUT2D eigenvalue weighted by molar-refractivity contribution is 0.0697. The first-order valence-electron chi connectivity index (χ1n) is 11.7. The Balaban J connectivity index is 1.36. The summed E-state index contributed by atoms with van der Waals surface area (Å²) in [6, 6.07) is 30.3. The zero-order chi connectivity index (χ0) is 21.9. The fourth-order valence-corrected chi connectivity index (χ4v) is 5.65. The highest BCUT2D eigenvalue weighted by Crippen LogP contribution is 2.41. The quantitative estimate of drug-likeness (QED) is 0.522. The number of benzene rings is 3. The van der Waals surface area contributed by atoms with Crippen LogP contribution in [0.2, 0.25) is 0 Å². The number of hydrogen-bond acceptors (Lipinski definition) is 3. The Labute approximate surface area is 190 Å². The van der Waals surface area contributed by atoms with E-state index in [1.165, 1.54) is 24.1 Å². The molecule has 164 valence electrons. The van der Waals surface area contributed by atoms with Crippen LogP contribution in [0.15, 0.2) is 84.9 Å². The lowest BCUT2D eigenvalue weighted by atomic mass is 9.94. The van der Waals surface area contributed by atoms with Gasteiger partial charge in [0.15, 0.2) is 0 Å². The van der Waals surface area contributed by atoms with Crippen LogP contribution in [0.5, 0.6) is 0 Å². The first-order chi connectivity index (χ1) is 15.7. The van der Waals surface area contributed by atoms with E-state index in [4.69, 9.17) is 0 Å². The molecule has 3 aromatic carbocycles. The molecule has 3 aromatic rings. The van der Waals surface area contributed by atoms with Gasteiger partial charge in [0.2, 0.25) is 0 Å². The number of aromatic carboxylic acids is 1. The van der Waals surface area contributed by atoms with Crippen molar-refractivity contribution in [3.63, 3.8) is 0 Å². The van der Waals surface area contributed by atoms with Crippen LogP contribution in [0.25, 0.3) is 0 Å². The number of carboxylic acid groups (broad SMARTS) is 1. The van der Waals surface area contributed by atoms with Gasteiger partial charge in [0, 0.05) is 36.0 Å². The Kier molecular flexibility index (Phi) is 5.95. The third kappa shape index (κ3) is 4.28. The van der Waals surface area contributed by atoms with E-state index in [-0.39, 0.29) is 0 Å². The van der Waals surface area contributed by atoms with Gasteiger partial charge in [-0.05, 0) is 74.1 Å². The maximum absolute atomic E-state index is 11.3. The number of hydrogen-bond donors (Lipinski definition) is 1. The molecule has 0 spiro atoms. The smallest absolute Gasteiger partial charge is 0.335 e. The van der Waals surface area contributed by atoms with Gasteiger partial charge in [-0.3, -0.25) is 4.90 Å². The van der Waals surface area contributed by atoms with Gasteiger partial charge in [-0.25, -0.2) is 4.79 Å². The van der Waals surface area contributed by atoms with E-state index >= 15 is 0 Å². The van der Waals surface area contributed by atoms with Gasteiger partial charge in [-0.1, -0.05) is 48.5 Å². The van der Waals surface area contributed by atoms with Gasteiger partial charge < -0.3 is 10.0 Å². The lowest BCUT2D eigenvalue weighted by Gasteiger charge is -2.44. The molecule has 2 fully saturated rings. The van der Waals surface area contributed by atoms with Gasteiger partial charge in [-0.15, -0.1) is 0 Å². The van der Waals surface area contributed by atoms with E-state index in [1.54, 1.807) is 12.1 Å². The summed E-state index contributed by atoms with van der Waals surface area (Å²) in [6.45, 7) is 1.13. The van der Waals surface area contributed by atoms with Crippen LogP contribution in [-0.2, 0) is 6.42 Å². The van der Waals surface area contributed by atoms with E-state index in [1.807, 2.05) is 18.2 Å². The molecule has 2 saturated heterocycles. The van der Waals surface area contributed by atoms with Crippen LogP contribution in [0.4, 0.5) is 11.4 Å². The molecule has 4 heteroatoms. The van der Waals surface area contributed by atoms with E-state index in [0.717, 1.165) is 31.5 Å². The zero-order valence-corrected chi connectivity index (χ0v) is 18.3. The molecule has 4 nitrogen and oxygen atoms in total. The van der Waals surface area contributed by atoms with Crippen molar-refractivity contribution in [2.45, 2.75) is 50.2 Å². The van der Waals surface area contributed by atoms with E-state index in [0.29, 0.717) is 23.7 Å². The topological polar surface area (TPSA) is 43.8 Å². The maximum Gasteiger partial charge on any atom is 0.335 e. The second-order valence-corrected chi connectivity index (χ2v) is 9.04. The van der Waals surface area contributed by atoms with Crippen molar-refractivity contribution < 1.29 is 9.90 Å². The van der Waals surface area contributed by atoms with Crippen molar-refractivity contribution in [3.8, 4) is 0 Å². The Morgan fingerprint density at radius 1 is 0.812 bits per heavy atom. The summed E-state index contributed by atoms with van der Waals surface area (Å²) in [7, 11) is 0. The van der Waals surface area contributed by atoms with Gasteiger partial charge in [0.1, 0.15) is 0 Å². The zero-order valence-electron chi connectivity index (χ0n) is 18.3. The fourth-order valence-electron chi connectivity index (χ4n) is 5.65. The van der Waals surface area contributed by atoms with Gasteiger partial charge in [-0.2, -0.15) is 0 Å². The molecule has 0 amide bonds. The number of anilines is 2. The van der Waals surface area contributed by atoms with Crippen molar-refractivity contribution in [1.82, 2.24) is 4.90 Å². The van der Waals surface area contributed by atoms with Crippen molar-refractivity contribution in [3.05, 3.63) is 96.1 Å². The van der Waals surface area contributed by atoms with Gasteiger partial charge in [0.25, 0.3) is 0 Å². The highest BCUT2D eigenvalue weighted by atomic mass is 16.4.